The highest BCUT2D eigenvalue weighted by molar-refractivity contribution is 7.97. The normalized spacial score (nSPS) is 13.2. The maximum atomic E-state index is 12.8. The summed E-state index contributed by atoms with van der Waals surface area (Å²) >= 11 is 1.75. The number of urea groups is 1. The van der Waals surface area contributed by atoms with Crippen LogP contribution in [0.15, 0.2) is 53.4 Å². The number of esters is 1. The summed E-state index contributed by atoms with van der Waals surface area (Å²) in [4.78, 5) is 22.7. The molecule has 1 aliphatic heterocycles. The van der Waals surface area contributed by atoms with Crippen LogP contribution in [0.3, 0.4) is 0 Å². The molecule has 2 aromatic rings. The molecule has 0 aromatic heterocycles. The van der Waals surface area contributed by atoms with Crippen molar-refractivity contribution < 1.29 is 18.7 Å². The minimum Gasteiger partial charge on any atom is -0.469 e. The fraction of sp³-hybridized carbons (Fsp3) is 0.300. The number of amides is 2. The number of hydrogen-bond donors (Lipinski definition) is 2. The Kier molecular flexibility index (Phi) is 8.77. The molecule has 2 amide bonds. The van der Waals surface area contributed by atoms with E-state index in [1.807, 2.05) is 24.3 Å². The number of hydrogen-bond acceptors (Lipinski definition) is 5. The lowest BCUT2D eigenvalue weighted by atomic mass is 10.3. The van der Waals surface area contributed by atoms with E-state index in [0.717, 1.165) is 23.7 Å². The summed E-state index contributed by atoms with van der Waals surface area (Å²) in [6, 6.07) is 13.0. The Bertz CT molecular complexity index is 763. The van der Waals surface area contributed by atoms with Gasteiger partial charge in [-0.2, -0.15) is 0 Å². The first-order valence-corrected chi connectivity index (χ1v) is 9.64. The van der Waals surface area contributed by atoms with Crippen LogP contribution < -0.4 is 10.6 Å². The average Bonchev–Trinajstić information content (AvgIpc) is 3.19. The van der Waals surface area contributed by atoms with Crippen LogP contribution in [-0.4, -0.2) is 36.5 Å². The van der Waals surface area contributed by atoms with E-state index in [1.54, 1.807) is 11.9 Å². The van der Waals surface area contributed by atoms with Gasteiger partial charge in [-0.3, -0.25) is 4.79 Å². The fourth-order valence-electron chi connectivity index (χ4n) is 2.35. The van der Waals surface area contributed by atoms with Gasteiger partial charge >= 0.3 is 12.0 Å². The monoisotopic (exact) mass is 405 g/mol. The third-order valence-corrected chi connectivity index (χ3v) is 4.91. The number of nitrogens with one attached hydrogen (secondary N) is 2. The molecule has 0 saturated carbocycles. The van der Waals surface area contributed by atoms with Crippen molar-refractivity contribution in [1.29, 1.82) is 0 Å². The number of anilines is 2. The first-order chi connectivity index (χ1) is 13.5. The molecule has 0 spiro atoms. The highest BCUT2D eigenvalue weighted by Gasteiger charge is 2.12. The minimum absolute atomic E-state index is 0.245. The van der Waals surface area contributed by atoms with Gasteiger partial charge in [0.2, 0.25) is 0 Å². The van der Waals surface area contributed by atoms with Gasteiger partial charge in [-0.1, -0.05) is 0 Å². The van der Waals surface area contributed by atoms with E-state index in [0.29, 0.717) is 5.69 Å². The van der Waals surface area contributed by atoms with Crippen LogP contribution in [0.2, 0.25) is 0 Å². The largest absolute Gasteiger partial charge is 0.469 e. The van der Waals surface area contributed by atoms with E-state index < -0.39 is 0 Å². The van der Waals surface area contributed by atoms with E-state index in [-0.39, 0.29) is 17.8 Å². The molecular formula is C20H24FN3O3S. The molecule has 150 valence electrons. The lowest BCUT2D eigenvalue weighted by molar-refractivity contribution is -0.137. The number of halogens is 1. The second-order valence-electron chi connectivity index (χ2n) is 6.03. The highest BCUT2D eigenvalue weighted by Crippen LogP contribution is 2.27. The summed E-state index contributed by atoms with van der Waals surface area (Å²) in [5.74, 6) is -0.577. The number of ether oxygens (including phenoxy) is 1. The first-order valence-electron chi connectivity index (χ1n) is 8.87. The van der Waals surface area contributed by atoms with E-state index in [9.17, 15) is 14.0 Å². The van der Waals surface area contributed by atoms with Crippen LogP contribution in [0.5, 0.6) is 0 Å². The van der Waals surface area contributed by atoms with Crippen molar-refractivity contribution in [2.75, 3.05) is 30.8 Å². The predicted octanol–water partition coefficient (Wildman–Crippen LogP) is 4.75. The molecule has 28 heavy (non-hydrogen) atoms. The number of benzene rings is 2. The summed E-state index contributed by atoms with van der Waals surface area (Å²) in [6.07, 6.45) is 2.52. The van der Waals surface area contributed by atoms with E-state index in [1.165, 1.54) is 51.1 Å². The molecule has 8 heteroatoms. The zero-order valence-corrected chi connectivity index (χ0v) is 16.7. The van der Waals surface area contributed by atoms with Gasteiger partial charge < -0.3 is 15.4 Å². The Balaban J connectivity index is 0.000000500. The molecule has 2 N–H and O–H groups in total. The molecule has 0 atom stereocenters. The summed E-state index contributed by atoms with van der Waals surface area (Å²) in [5.41, 5.74) is 1.26. The molecular weight excluding hydrogens is 381 g/mol. The second-order valence-corrected chi connectivity index (χ2v) is 7.20. The Morgan fingerprint density at radius 1 is 0.964 bits per heavy atom. The molecule has 0 unspecified atom stereocenters. The van der Waals surface area contributed by atoms with Crippen molar-refractivity contribution in [3.63, 3.8) is 0 Å². The first kappa shape index (κ1) is 21.7. The maximum absolute atomic E-state index is 12.8. The Labute approximate surface area is 168 Å². The lowest BCUT2D eigenvalue weighted by Gasteiger charge is -2.13. The summed E-state index contributed by atoms with van der Waals surface area (Å²) < 4.78 is 19.3. The van der Waals surface area contributed by atoms with E-state index >= 15 is 0 Å². The molecule has 1 heterocycles. The van der Waals surface area contributed by atoms with Crippen LogP contribution in [0, 0.1) is 5.82 Å². The van der Waals surface area contributed by atoms with Gasteiger partial charge in [0, 0.05) is 36.3 Å². The van der Waals surface area contributed by atoms with Gasteiger partial charge in [-0.25, -0.2) is 13.5 Å². The van der Waals surface area contributed by atoms with Crippen LogP contribution in [-0.2, 0) is 9.53 Å². The smallest absolute Gasteiger partial charge is 0.323 e. The highest BCUT2D eigenvalue weighted by atomic mass is 32.2. The third-order valence-electron chi connectivity index (χ3n) is 3.80. The SMILES string of the molecule is COC(C)=O.O=C(Nc1ccc(F)cc1)Nc1ccc(SN2CCCC2)cc1. The molecule has 0 bridgehead atoms. The van der Waals surface area contributed by atoms with Crippen molar-refractivity contribution in [2.24, 2.45) is 0 Å². The summed E-state index contributed by atoms with van der Waals surface area (Å²) in [5, 5.41) is 5.42. The molecule has 2 aromatic carbocycles. The zero-order valence-electron chi connectivity index (χ0n) is 15.9. The average molecular weight is 405 g/mol. The minimum atomic E-state index is -0.350. The number of carbonyl (C=O) groups excluding carboxylic acids is 2. The molecule has 1 fully saturated rings. The standard InChI is InChI=1S/C17H18FN3OS.C3H6O2/c18-13-3-5-14(6-4-13)19-17(22)20-15-7-9-16(10-8-15)23-21-11-1-2-12-21;1-3(4)5-2/h3-10H,1-2,11-12H2,(H2,19,20,22);1-2H3. The maximum Gasteiger partial charge on any atom is 0.323 e. The van der Waals surface area contributed by atoms with Crippen LogP contribution >= 0.6 is 11.9 Å². The van der Waals surface area contributed by atoms with Crippen molar-refractivity contribution in [1.82, 2.24) is 4.31 Å². The lowest BCUT2D eigenvalue weighted by Crippen LogP contribution is -2.19. The van der Waals surface area contributed by atoms with E-state index in [2.05, 4.69) is 19.7 Å². The van der Waals surface area contributed by atoms with Gasteiger partial charge in [0.05, 0.1) is 7.11 Å². The van der Waals surface area contributed by atoms with Crippen LogP contribution in [0.1, 0.15) is 19.8 Å². The number of carbonyl (C=O) groups is 2. The van der Waals surface area contributed by atoms with Gasteiger partial charge in [0.15, 0.2) is 0 Å². The Morgan fingerprint density at radius 3 is 1.89 bits per heavy atom. The molecule has 0 radical (unpaired) electrons. The molecule has 1 saturated heterocycles. The van der Waals surface area contributed by atoms with Gasteiger partial charge in [-0.15, -0.1) is 0 Å². The van der Waals surface area contributed by atoms with E-state index in [4.69, 9.17) is 0 Å². The molecule has 0 aliphatic carbocycles. The molecule has 3 rings (SSSR count). The predicted molar refractivity (Wildman–Crippen MR) is 110 cm³/mol. The van der Waals surface area contributed by atoms with Crippen molar-refractivity contribution in [3.05, 3.63) is 54.3 Å². The third kappa shape index (κ3) is 7.98. The van der Waals surface area contributed by atoms with Crippen molar-refractivity contribution in [2.45, 2.75) is 24.7 Å². The van der Waals surface area contributed by atoms with Gasteiger partial charge in [0.1, 0.15) is 5.82 Å². The second kappa shape index (κ2) is 11.3. The van der Waals surface area contributed by atoms with Gasteiger partial charge in [0.25, 0.3) is 0 Å². The van der Waals surface area contributed by atoms with Crippen LogP contribution in [0.4, 0.5) is 20.6 Å². The molecule has 1 aliphatic rings. The number of nitrogens with zero attached hydrogens (tertiary/aromatic N) is 1. The Hall–Kier alpha value is -2.58. The summed E-state index contributed by atoms with van der Waals surface area (Å²) in [6.45, 7) is 3.62. The Morgan fingerprint density at radius 2 is 1.43 bits per heavy atom. The summed E-state index contributed by atoms with van der Waals surface area (Å²) in [7, 11) is 1.35. The molecule has 6 nitrogen and oxygen atoms in total. The van der Waals surface area contributed by atoms with Gasteiger partial charge in [-0.05, 0) is 73.3 Å². The van der Waals surface area contributed by atoms with Crippen molar-refractivity contribution >= 4 is 35.3 Å². The number of methoxy groups -OCH3 is 1. The topological polar surface area (TPSA) is 70.7 Å². The zero-order chi connectivity index (χ0) is 20.4. The van der Waals surface area contributed by atoms with Crippen molar-refractivity contribution in [3.8, 4) is 0 Å². The quantitative estimate of drug-likeness (QED) is 0.567. The number of rotatable bonds is 4. The fourth-order valence-corrected chi connectivity index (χ4v) is 3.35. The van der Waals surface area contributed by atoms with Crippen LogP contribution in [0.25, 0.3) is 0 Å².